The molecule has 4 unspecified atom stereocenters. The highest BCUT2D eigenvalue weighted by molar-refractivity contribution is 4.91. The molecule has 4 atom stereocenters. The first kappa shape index (κ1) is 15.0. The quantitative estimate of drug-likeness (QED) is 0.815. The number of nitrogens with zero attached hydrogens (tertiary/aromatic N) is 1. The lowest BCUT2D eigenvalue weighted by Crippen LogP contribution is -2.61. The zero-order valence-electron chi connectivity index (χ0n) is 12.9. The fraction of sp³-hybridized carbons (Fsp3) is 1.00. The van der Waals surface area contributed by atoms with Crippen molar-refractivity contribution in [1.82, 2.24) is 10.2 Å². The number of nitrogens with one attached hydrogen (secondary N) is 1. The van der Waals surface area contributed by atoms with Gasteiger partial charge in [-0.25, -0.2) is 0 Å². The molecule has 17 heavy (non-hydrogen) atoms. The number of hydrogen-bond donors (Lipinski definition) is 1. The highest BCUT2D eigenvalue weighted by Crippen LogP contribution is 2.28. The van der Waals surface area contributed by atoms with E-state index in [1.807, 2.05) is 0 Å². The van der Waals surface area contributed by atoms with Crippen LogP contribution in [-0.4, -0.2) is 36.1 Å². The maximum absolute atomic E-state index is 3.71. The Hall–Kier alpha value is -0.0800. The van der Waals surface area contributed by atoms with Crippen LogP contribution >= 0.6 is 0 Å². The van der Waals surface area contributed by atoms with Crippen molar-refractivity contribution in [1.29, 1.82) is 0 Å². The third-order valence-corrected chi connectivity index (χ3v) is 4.73. The van der Waals surface area contributed by atoms with Crippen molar-refractivity contribution in [3.05, 3.63) is 0 Å². The van der Waals surface area contributed by atoms with Crippen LogP contribution in [0.25, 0.3) is 0 Å². The molecule has 2 heteroatoms. The molecular formula is C15H32N2. The summed E-state index contributed by atoms with van der Waals surface area (Å²) in [6.07, 6.45) is 1.27. The number of hydrogen-bond acceptors (Lipinski definition) is 2. The van der Waals surface area contributed by atoms with Crippen molar-refractivity contribution in [3.63, 3.8) is 0 Å². The van der Waals surface area contributed by atoms with Crippen molar-refractivity contribution in [2.24, 2.45) is 11.3 Å². The van der Waals surface area contributed by atoms with Gasteiger partial charge in [0.05, 0.1) is 0 Å². The fourth-order valence-corrected chi connectivity index (χ4v) is 2.61. The van der Waals surface area contributed by atoms with Gasteiger partial charge in [-0.2, -0.15) is 0 Å². The Morgan fingerprint density at radius 1 is 1.29 bits per heavy atom. The molecule has 1 aliphatic heterocycles. The average Bonchev–Trinajstić information content (AvgIpc) is 2.26. The Kier molecular flexibility index (Phi) is 5.03. The van der Waals surface area contributed by atoms with Gasteiger partial charge in [-0.05, 0) is 25.2 Å². The molecule has 0 bridgehead atoms. The summed E-state index contributed by atoms with van der Waals surface area (Å²) in [5.41, 5.74) is 0.367. The molecule has 0 spiro atoms. The first-order chi connectivity index (χ1) is 7.77. The second-order valence-corrected chi connectivity index (χ2v) is 6.99. The average molecular weight is 240 g/mol. The Morgan fingerprint density at radius 3 is 2.35 bits per heavy atom. The van der Waals surface area contributed by atoms with Crippen molar-refractivity contribution >= 4 is 0 Å². The largest absolute Gasteiger partial charge is 0.311 e. The Bertz CT molecular complexity index is 232. The van der Waals surface area contributed by atoms with E-state index in [1.165, 1.54) is 13.0 Å². The molecule has 1 saturated heterocycles. The molecule has 1 heterocycles. The van der Waals surface area contributed by atoms with Crippen LogP contribution in [0.5, 0.6) is 0 Å². The van der Waals surface area contributed by atoms with E-state index < -0.39 is 0 Å². The van der Waals surface area contributed by atoms with Crippen LogP contribution in [0.1, 0.15) is 54.9 Å². The molecule has 1 rings (SSSR count). The molecule has 0 aromatic carbocycles. The molecule has 0 aromatic rings. The van der Waals surface area contributed by atoms with Gasteiger partial charge in [-0.15, -0.1) is 0 Å². The summed E-state index contributed by atoms with van der Waals surface area (Å²) in [4.78, 5) is 2.70. The van der Waals surface area contributed by atoms with Crippen LogP contribution in [0.3, 0.4) is 0 Å². The minimum atomic E-state index is 0.367. The van der Waals surface area contributed by atoms with Gasteiger partial charge in [0.2, 0.25) is 0 Å². The molecular weight excluding hydrogens is 208 g/mol. The van der Waals surface area contributed by atoms with Gasteiger partial charge >= 0.3 is 0 Å². The Labute approximate surface area is 108 Å². The highest BCUT2D eigenvalue weighted by atomic mass is 15.3. The van der Waals surface area contributed by atoms with E-state index in [4.69, 9.17) is 0 Å². The molecule has 1 fully saturated rings. The maximum atomic E-state index is 3.71. The van der Waals surface area contributed by atoms with Crippen LogP contribution in [0.15, 0.2) is 0 Å². The minimum absolute atomic E-state index is 0.367. The van der Waals surface area contributed by atoms with E-state index in [0.29, 0.717) is 23.5 Å². The van der Waals surface area contributed by atoms with Gasteiger partial charge in [0.1, 0.15) is 0 Å². The fourth-order valence-electron chi connectivity index (χ4n) is 2.61. The summed E-state index contributed by atoms with van der Waals surface area (Å²) in [7, 11) is 0. The Balaban J connectivity index is 2.70. The van der Waals surface area contributed by atoms with Gasteiger partial charge in [0.15, 0.2) is 0 Å². The predicted molar refractivity (Wildman–Crippen MR) is 76.3 cm³/mol. The highest BCUT2D eigenvalue weighted by Gasteiger charge is 2.34. The molecule has 0 saturated carbocycles. The lowest BCUT2D eigenvalue weighted by atomic mass is 9.84. The van der Waals surface area contributed by atoms with Crippen LogP contribution in [0.2, 0.25) is 0 Å². The monoisotopic (exact) mass is 240 g/mol. The second-order valence-electron chi connectivity index (χ2n) is 6.99. The van der Waals surface area contributed by atoms with E-state index >= 15 is 0 Å². The van der Waals surface area contributed by atoms with E-state index in [2.05, 4.69) is 58.7 Å². The first-order valence-electron chi connectivity index (χ1n) is 7.26. The van der Waals surface area contributed by atoms with Gasteiger partial charge in [0, 0.05) is 31.2 Å². The summed E-state index contributed by atoms with van der Waals surface area (Å²) >= 11 is 0. The van der Waals surface area contributed by atoms with E-state index in [0.717, 1.165) is 12.5 Å². The third kappa shape index (κ3) is 3.69. The molecule has 0 radical (unpaired) electrons. The van der Waals surface area contributed by atoms with Crippen LogP contribution in [0, 0.1) is 11.3 Å². The normalized spacial score (nSPS) is 31.2. The van der Waals surface area contributed by atoms with E-state index in [-0.39, 0.29) is 0 Å². The van der Waals surface area contributed by atoms with Crippen LogP contribution < -0.4 is 5.32 Å². The van der Waals surface area contributed by atoms with Crippen molar-refractivity contribution in [2.45, 2.75) is 73.0 Å². The maximum Gasteiger partial charge on any atom is 0.0221 e. The lowest BCUT2D eigenvalue weighted by Gasteiger charge is -2.47. The van der Waals surface area contributed by atoms with Crippen molar-refractivity contribution in [2.75, 3.05) is 13.1 Å². The van der Waals surface area contributed by atoms with Crippen molar-refractivity contribution in [3.8, 4) is 0 Å². The molecule has 0 aliphatic carbocycles. The third-order valence-electron chi connectivity index (χ3n) is 4.73. The Morgan fingerprint density at radius 2 is 1.88 bits per heavy atom. The zero-order chi connectivity index (χ0) is 13.2. The van der Waals surface area contributed by atoms with Crippen LogP contribution in [-0.2, 0) is 0 Å². The first-order valence-corrected chi connectivity index (χ1v) is 7.26. The summed E-state index contributed by atoms with van der Waals surface area (Å²) in [6.45, 7) is 18.8. The van der Waals surface area contributed by atoms with Gasteiger partial charge in [-0.1, -0.05) is 41.0 Å². The summed E-state index contributed by atoms with van der Waals surface area (Å²) in [6, 6.07) is 1.97. The van der Waals surface area contributed by atoms with Gasteiger partial charge < -0.3 is 5.32 Å². The molecule has 102 valence electrons. The van der Waals surface area contributed by atoms with Gasteiger partial charge in [-0.3, -0.25) is 4.90 Å². The molecule has 1 aliphatic rings. The minimum Gasteiger partial charge on any atom is -0.311 e. The SMILES string of the molecule is CCC(C)C1CN(C(C)C(C)(C)C)C(C)CN1. The molecule has 1 N–H and O–H groups in total. The summed E-state index contributed by atoms with van der Waals surface area (Å²) in [5, 5.41) is 3.71. The molecule has 0 aromatic heterocycles. The lowest BCUT2D eigenvalue weighted by molar-refractivity contribution is 0.0328. The zero-order valence-corrected chi connectivity index (χ0v) is 12.9. The summed E-state index contributed by atoms with van der Waals surface area (Å²) < 4.78 is 0. The molecule has 0 amide bonds. The van der Waals surface area contributed by atoms with E-state index in [1.54, 1.807) is 0 Å². The standard InChI is InChI=1S/C15H32N2/c1-8-11(2)14-10-17(12(3)9-16-14)13(4)15(5,6)7/h11-14,16H,8-10H2,1-7H3. The van der Waals surface area contributed by atoms with Gasteiger partial charge in [0.25, 0.3) is 0 Å². The predicted octanol–water partition coefficient (Wildman–Crippen LogP) is 3.13. The number of rotatable bonds is 3. The van der Waals surface area contributed by atoms with Crippen molar-refractivity contribution < 1.29 is 0 Å². The van der Waals surface area contributed by atoms with E-state index in [9.17, 15) is 0 Å². The smallest absolute Gasteiger partial charge is 0.0221 e. The summed E-state index contributed by atoms with van der Waals surface area (Å²) in [5.74, 6) is 0.775. The molecule has 2 nitrogen and oxygen atoms in total. The van der Waals surface area contributed by atoms with Crippen LogP contribution in [0.4, 0.5) is 0 Å². The topological polar surface area (TPSA) is 15.3 Å². The number of piperazine rings is 1. The second kappa shape index (κ2) is 5.71.